The second kappa shape index (κ2) is 5.51. The van der Waals surface area contributed by atoms with Crippen molar-refractivity contribution in [2.24, 2.45) is 0 Å². The Morgan fingerprint density at radius 3 is 2.60 bits per heavy atom. The second-order valence-corrected chi connectivity index (χ2v) is 5.05. The first-order valence-electron chi connectivity index (χ1n) is 6.58. The van der Waals surface area contributed by atoms with Gasteiger partial charge in [-0.05, 0) is 29.7 Å². The zero-order valence-electron chi connectivity index (χ0n) is 11.2. The molecule has 2 aromatic heterocycles. The minimum absolute atomic E-state index is 0.604. The molecular formula is C15H15ClN4. The number of aromatic nitrogens is 3. The smallest absolute Gasteiger partial charge is 0.243 e. The lowest BCUT2D eigenvalue weighted by Crippen LogP contribution is -2.01. The van der Waals surface area contributed by atoms with Crippen LogP contribution in [0.2, 0.25) is 5.02 Å². The van der Waals surface area contributed by atoms with E-state index in [1.54, 1.807) is 16.8 Å². The van der Waals surface area contributed by atoms with Crippen LogP contribution in [-0.4, -0.2) is 14.6 Å². The van der Waals surface area contributed by atoms with Crippen molar-refractivity contribution in [3.05, 3.63) is 58.7 Å². The van der Waals surface area contributed by atoms with Gasteiger partial charge < -0.3 is 5.32 Å². The molecule has 0 fully saturated rings. The summed E-state index contributed by atoms with van der Waals surface area (Å²) in [5.41, 5.74) is 3.33. The summed E-state index contributed by atoms with van der Waals surface area (Å²) < 4.78 is 1.67. The molecule has 1 aromatic carbocycles. The van der Waals surface area contributed by atoms with Gasteiger partial charge in [0.2, 0.25) is 5.95 Å². The molecule has 0 saturated carbocycles. The minimum Gasteiger partial charge on any atom is -0.349 e. The predicted molar refractivity (Wildman–Crippen MR) is 81.1 cm³/mol. The van der Waals surface area contributed by atoms with E-state index in [4.69, 9.17) is 11.6 Å². The Morgan fingerprint density at radius 1 is 1.10 bits per heavy atom. The number of hydrogen-bond acceptors (Lipinski definition) is 3. The van der Waals surface area contributed by atoms with Crippen LogP contribution in [0.4, 0.5) is 5.95 Å². The molecule has 2 heterocycles. The lowest BCUT2D eigenvalue weighted by Gasteiger charge is -2.03. The van der Waals surface area contributed by atoms with Crippen LogP contribution in [0.25, 0.3) is 5.65 Å². The number of nitrogens with zero attached hydrogens (tertiary/aromatic N) is 3. The normalized spacial score (nSPS) is 10.9. The average molecular weight is 287 g/mol. The van der Waals surface area contributed by atoms with Crippen molar-refractivity contribution in [2.45, 2.75) is 19.9 Å². The fraction of sp³-hybridized carbons (Fsp3) is 0.200. The highest BCUT2D eigenvalue weighted by Crippen LogP contribution is 2.12. The predicted octanol–water partition coefficient (Wildman–Crippen LogP) is 3.56. The number of nitrogens with one attached hydrogen (secondary N) is 1. The van der Waals surface area contributed by atoms with Gasteiger partial charge in [0, 0.05) is 12.7 Å². The van der Waals surface area contributed by atoms with Crippen LogP contribution >= 0.6 is 11.6 Å². The van der Waals surface area contributed by atoms with Crippen molar-refractivity contribution in [3.63, 3.8) is 0 Å². The molecule has 0 spiro atoms. The third kappa shape index (κ3) is 2.75. The molecule has 0 saturated heterocycles. The fourth-order valence-corrected chi connectivity index (χ4v) is 2.16. The molecular weight excluding hydrogens is 272 g/mol. The van der Waals surface area contributed by atoms with Gasteiger partial charge in [0.25, 0.3) is 0 Å². The van der Waals surface area contributed by atoms with E-state index in [0.717, 1.165) is 12.1 Å². The van der Waals surface area contributed by atoms with Gasteiger partial charge in [-0.1, -0.05) is 42.8 Å². The van der Waals surface area contributed by atoms with Gasteiger partial charge in [-0.15, -0.1) is 5.10 Å². The molecule has 0 aliphatic carbocycles. The van der Waals surface area contributed by atoms with E-state index >= 15 is 0 Å². The Labute approximate surface area is 122 Å². The van der Waals surface area contributed by atoms with E-state index in [2.05, 4.69) is 46.6 Å². The quantitative estimate of drug-likeness (QED) is 0.797. The highest BCUT2D eigenvalue weighted by molar-refractivity contribution is 6.30. The van der Waals surface area contributed by atoms with E-state index in [-0.39, 0.29) is 0 Å². The molecule has 20 heavy (non-hydrogen) atoms. The molecule has 1 N–H and O–H groups in total. The molecule has 0 aliphatic rings. The Balaban J connectivity index is 1.72. The van der Waals surface area contributed by atoms with Gasteiger partial charge >= 0.3 is 0 Å². The SMILES string of the molecule is CCc1ccc(CNc2nc3ccc(Cl)cn3n2)cc1. The lowest BCUT2D eigenvalue weighted by molar-refractivity contribution is 0.950. The summed E-state index contributed by atoms with van der Waals surface area (Å²) >= 11 is 5.92. The average Bonchev–Trinajstić information content (AvgIpc) is 2.87. The van der Waals surface area contributed by atoms with E-state index in [0.29, 0.717) is 17.5 Å². The van der Waals surface area contributed by atoms with Crippen LogP contribution < -0.4 is 5.32 Å². The van der Waals surface area contributed by atoms with Crippen molar-refractivity contribution in [1.29, 1.82) is 0 Å². The fourth-order valence-electron chi connectivity index (χ4n) is 2.01. The van der Waals surface area contributed by atoms with Gasteiger partial charge in [-0.3, -0.25) is 0 Å². The highest BCUT2D eigenvalue weighted by Gasteiger charge is 2.03. The maximum atomic E-state index is 5.92. The van der Waals surface area contributed by atoms with Gasteiger partial charge in [-0.2, -0.15) is 4.98 Å². The monoisotopic (exact) mass is 286 g/mol. The summed E-state index contributed by atoms with van der Waals surface area (Å²) in [5, 5.41) is 8.20. The first-order chi connectivity index (χ1) is 9.74. The number of fused-ring (bicyclic) bond motifs is 1. The number of aryl methyl sites for hydroxylation is 1. The zero-order chi connectivity index (χ0) is 13.9. The number of halogens is 1. The number of rotatable bonds is 4. The van der Waals surface area contributed by atoms with Crippen molar-refractivity contribution >= 4 is 23.2 Å². The largest absolute Gasteiger partial charge is 0.349 e. The van der Waals surface area contributed by atoms with Crippen LogP contribution in [-0.2, 0) is 13.0 Å². The van der Waals surface area contributed by atoms with Crippen LogP contribution in [0, 0.1) is 0 Å². The molecule has 0 bridgehead atoms. The minimum atomic E-state index is 0.604. The summed E-state index contributed by atoms with van der Waals surface area (Å²) in [5.74, 6) is 0.604. The van der Waals surface area contributed by atoms with Gasteiger partial charge in [-0.25, -0.2) is 4.52 Å². The highest BCUT2D eigenvalue weighted by atomic mass is 35.5. The van der Waals surface area contributed by atoms with Crippen molar-refractivity contribution < 1.29 is 0 Å². The number of hydrogen-bond donors (Lipinski definition) is 1. The Bertz CT molecular complexity index is 718. The third-order valence-electron chi connectivity index (χ3n) is 3.18. The molecule has 0 aliphatic heterocycles. The zero-order valence-corrected chi connectivity index (χ0v) is 11.9. The topological polar surface area (TPSA) is 42.2 Å². The number of benzene rings is 1. The van der Waals surface area contributed by atoms with E-state index < -0.39 is 0 Å². The summed E-state index contributed by atoms with van der Waals surface area (Å²) in [6, 6.07) is 12.2. The maximum Gasteiger partial charge on any atom is 0.243 e. The molecule has 3 rings (SSSR count). The molecule has 0 atom stereocenters. The third-order valence-corrected chi connectivity index (χ3v) is 3.40. The standard InChI is InChI=1S/C15H15ClN4/c1-2-11-3-5-12(6-4-11)9-17-15-18-14-8-7-13(16)10-20(14)19-15/h3-8,10H,2,9H2,1H3,(H,17,19). The Kier molecular flexibility index (Phi) is 3.56. The van der Waals surface area contributed by atoms with Crippen LogP contribution in [0.5, 0.6) is 0 Å². The lowest BCUT2D eigenvalue weighted by atomic mass is 10.1. The Hall–Kier alpha value is -2.07. The molecule has 102 valence electrons. The van der Waals surface area contributed by atoms with Crippen molar-refractivity contribution in [2.75, 3.05) is 5.32 Å². The van der Waals surface area contributed by atoms with Crippen LogP contribution in [0.1, 0.15) is 18.1 Å². The summed E-state index contributed by atoms with van der Waals surface area (Å²) in [4.78, 5) is 4.38. The Morgan fingerprint density at radius 2 is 1.85 bits per heavy atom. The summed E-state index contributed by atoms with van der Waals surface area (Å²) in [6.07, 6.45) is 2.80. The molecule has 5 heteroatoms. The van der Waals surface area contributed by atoms with Crippen LogP contribution in [0.15, 0.2) is 42.6 Å². The number of pyridine rings is 1. The van der Waals surface area contributed by atoms with Crippen molar-refractivity contribution in [3.8, 4) is 0 Å². The second-order valence-electron chi connectivity index (χ2n) is 4.61. The number of anilines is 1. The van der Waals surface area contributed by atoms with Gasteiger partial charge in [0.1, 0.15) is 0 Å². The van der Waals surface area contributed by atoms with Crippen LogP contribution in [0.3, 0.4) is 0 Å². The molecule has 0 amide bonds. The maximum absolute atomic E-state index is 5.92. The molecule has 0 unspecified atom stereocenters. The summed E-state index contributed by atoms with van der Waals surface area (Å²) in [6.45, 7) is 2.85. The van der Waals surface area contributed by atoms with E-state index in [1.807, 2.05) is 6.07 Å². The van der Waals surface area contributed by atoms with E-state index in [1.165, 1.54) is 11.1 Å². The van der Waals surface area contributed by atoms with Gasteiger partial charge in [0.15, 0.2) is 5.65 Å². The molecule has 0 radical (unpaired) electrons. The van der Waals surface area contributed by atoms with Gasteiger partial charge in [0.05, 0.1) is 5.02 Å². The summed E-state index contributed by atoms with van der Waals surface area (Å²) in [7, 11) is 0. The van der Waals surface area contributed by atoms with Crippen molar-refractivity contribution in [1.82, 2.24) is 14.6 Å². The molecule has 4 nitrogen and oxygen atoms in total. The first-order valence-corrected chi connectivity index (χ1v) is 6.96. The first kappa shape index (κ1) is 12.9. The molecule has 3 aromatic rings. The van der Waals surface area contributed by atoms with E-state index in [9.17, 15) is 0 Å².